The van der Waals surface area contributed by atoms with Crippen molar-refractivity contribution >= 4 is 17.8 Å². The Kier molecular flexibility index (Phi) is 5.06. The number of benzene rings is 1. The fourth-order valence-corrected chi connectivity index (χ4v) is 3.42. The van der Waals surface area contributed by atoms with Crippen molar-refractivity contribution in [3.8, 4) is 0 Å². The van der Waals surface area contributed by atoms with Gasteiger partial charge in [0.15, 0.2) is 0 Å². The average molecular weight is 379 g/mol. The average Bonchev–Trinajstić information content (AvgIpc) is 2.66. The summed E-state index contributed by atoms with van der Waals surface area (Å²) in [6.45, 7) is 8.68. The number of rotatable bonds is 4. The molecule has 2 N–H and O–H groups in total. The lowest BCUT2D eigenvalue weighted by Gasteiger charge is -2.39. The molecule has 2 aromatic rings. The molecule has 0 amide bonds. The zero-order chi connectivity index (χ0) is 20.5. The van der Waals surface area contributed by atoms with E-state index in [0.29, 0.717) is 11.4 Å². The second-order valence-electron chi connectivity index (χ2n) is 8.47. The number of hydrogen-bond acceptors (Lipinski definition) is 5. The molecule has 0 atom stereocenters. The fourth-order valence-electron chi connectivity index (χ4n) is 3.42. The Hall–Kier alpha value is -3.02. The van der Waals surface area contributed by atoms with Gasteiger partial charge in [-0.3, -0.25) is 4.98 Å². The third-order valence-electron chi connectivity index (χ3n) is 5.39. The molecule has 6 nitrogen and oxygen atoms in total. The van der Waals surface area contributed by atoms with Gasteiger partial charge >= 0.3 is 5.97 Å². The van der Waals surface area contributed by atoms with E-state index in [1.54, 1.807) is 30.5 Å². The number of carbonyl (C=O) groups is 1. The van der Waals surface area contributed by atoms with Gasteiger partial charge < -0.3 is 10.3 Å². The summed E-state index contributed by atoms with van der Waals surface area (Å²) >= 11 is 0. The van der Waals surface area contributed by atoms with Crippen molar-refractivity contribution in [3.05, 3.63) is 64.7 Å². The van der Waals surface area contributed by atoms with Gasteiger partial charge in [-0.1, -0.05) is 51.1 Å². The molecule has 0 radical (unpaired) electrons. The maximum absolute atomic E-state index is 10.9. The minimum Gasteiger partial charge on any atom is -0.478 e. The molecular formula is C22H25N3O3. The second kappa shape index (κ2) is 7.19. The van der Waals surface area contributed by atoms with Gasteiger partial charge in [-0.05, 0) is 36.6 Å². The van der Waals surface area contributed by atoms with E-state index in [0.717, 1.165) is 29.8 Å². The number of oxime groups is 1. The normalized spacial score (nSPS) is 18.1. The first-order valence-corrected chi connectivity index (χ1v) is 9.26. The fraction of sp³-hybridized carbons (Fsp3) is 0.364. The quantitative estimate of drug-likeness (QED) is 0.466. The number of allylic oxidation sites excluding steroid dienone is 1. The number of fused-ring (bicyclic) bond motifs is 1. The summed E-state index contributed by atoms with van der Waals surface area (Å²) < 4.78 is 0. The Morgan fingerprint density at radius 1 is 1.07 bits per heavy atom. The van der Waals surface area contributed by atoms with Crippen LogP contribution in [0.1, 0.15) is 73.5 Å². The van der Waals surface area contributed by atoms with Crippen LogP contribution < -0.4 is 0 Å². The molecule has 0 aliphatic heterocycles. The van der Waals surface area contributed by atoms with E-state index in [9.17, 15) is 10.0 Å². The van der Waals surface area contributed by atoms with Gasteiger partial charge in [-0.2, -0.15) is 0 Å². The molecule has 28 heavy (non-hydrogen) atoms. The molecular weight excluding hydrogens is 354 g/mol. The predicted octanol–water partition coefficient (Wildman–Crippen LogP) is 4.42. The topological polar surface area (TPSA) is 95.7 Å². The van der Waals surface area contributed by atoms with Crippen molar-refractivity contribution in [3.63, 3.8) is 0 Å². The van der Waals surface area contributed by atoms with Crippen LogP contribution in [0.4, 0.5) is 0 Å². The van der Waals surface area contributed by atoms with Crippen molar-refractivity contribution < 1.29 is 15.1 Å². The van der Waals surface area contributed by atoms with Gasteiger partial charge in [0.2, 0.25) is 0 Å². The van der Waals surface area contributed by atoms with Gasteiger partial charge in [0.05, 0.1) is 23.1 Å². The van der Waals surface area contributed by atoms with E-state index in [4.69, 9.17) is 10.1 Å². The van der Waals surface area contributed by atoms with Crippen LogP contribution in [0.25, 0.3) is 6.08 Å². The minimum absolute atomic E-state index is 0.0331. The van der Waals surface area contributed by atoms with Crippen molar-refractivity contribution in [2.45, 2.75) is 51.4 Å². The zero-order valence-corrected chi connectivity index (χ0v) is 16.6. The molecule has 3 rings (SSSR count). The first kappa shape index (κ1) is 19.7. The molecule has 0 saturated carbocycles. The summed E-state index contributed by atoms with van der Waals surface area (Å²) in [5.74, 6) is -0.969. The second-order valence-corrected chi connectivity index (χ2v) is 8.47. The standard InChI is InChI=1S/C22H25N3O3/c1-21(2)11-12-22(3,4)19-18(21)23-13-17(24-19)16(25-28)10-7-14-5-8-15(9-6-14)20(26)27/h5-10,13,28H,11-12H2,1-4H3,(H,26,27)/b10-7+,25-16?. The van der Waals surface area contributed by atoms with Crippen LogP contribution >= 0.6 is 0 Å². The smallest absolute Gasteiger partial charge is 0.335 e. The van der Waals surface area contributed by atoms with Crippen molar-refractivity contribution in [1.82, 2.24) is 9.97 Å². The summed E-state index contributed by atoms with van der Waals surface area (Å²) in [5.41, 5.74) is 3.64. The number of carboxylic acid groups (broad SMARTS) is 1. The van der Waals surface area contributed by atoms with Gasteiger partial charge in [-0.25, -0.2) is 9.78 Å². The van der Waals surface area contributed by atoms with Crippen LogP contribution in [-0.4, -0.2) is 32.0 Å². The molecule has 0 spiro atoms. The lowest BCUT2D eigenvalue weighted by molar-refractivity contribution is 0.0697. The van der Waals surface area contributed by atoms with E-state index in [1.807, 2.05) is 0 Å². The van der Waals surface area contributed by atoms with E-state index < -0.39 is 5.97 Å². The largest absolute Gasteiger partial charge is 0.478 e. The van der Waals surface area contributed by atoms with Crippen molar-refractivity contribution in [1.29, 1.82) is 0 Å². The molecule has 0 saturated heterocycles. The summed E-state index contributed by atoms with van der Waals surface area (Å²) in [7, 11) is 0. The number of aromatic nitrogens is 2. The summed E-state index contributed by atoms with van der Waals surface area (Å²) in [6.07, 6.45) is 7.11. The van der Waals surface area contributed by atoms with Crippen molar-refractivity contribution in [2.75, 3.05) is 0 Å². The lowest BCUT2D eigenvalue weighted by Crippen LogP contribution is -2.36. The highest BCUT2D eigenvalue weighted by Crippen LogP contribution is 2.43. The molecule has 1 aromatic carbocycles. The summed E-state index contributed by atoms with van der Waals surface area (Å²) in [6, 6.07) is 6.44. The molecule has 1 aliphatic carbocycles. The van der Waals surface area contributed by atoms with Crippen LogP contribution in [0.2, 0.25) is 0 Å². The highest BCUT2D eigenvalue weighted by Gasteiger charge is 2.39. The number of nitrogens with zero attached hydrogens (tertiary/aromatic N) is 3. The maximum atomic E-state index is 10.9. The van der Waals surface area contributed by atoms with Gasteiger partial charge in [-0.15, -0.1) is 0 Å². The Morgan fingerprint density at radius 2 is 1.68 bits per heavy atom. The Labute approximate surface area is 164 Å². The highest BCUT2D eigenvalue weighted by molar-refractivity contribution is 6.09. The maximum Gasteiger partial charge on any atom is 0.335 e. The Morgan fingerprint density at radius 3 is 2.25 bits per heavy atom. The van der Waals surface area contributed by atoms with Crippen LogP contribution in [0.3, 0.4) is 0 Å². The summed E-state index contributed by atoms with van der Waals surface area (Å²) in [4.78, 5) is 20.4. The first-order chi connectivity index (χ1) is 13.1. The Bertz CT molecular complexity index is 957. The number of hydrogen-bond donors (Lipinski definition) is 2. The lowest BCUT2D eigenvalue weighted by atomic mass is 9.67. The van der Waals surface area contributed by atoms with Gasteiger partial charge in [0.25, 0.3) is 0 Å². The van der Waals surface area contributed by atoms with Gasteiger partial charge in [0, 0.05) is 10.8 Å². The third-order valence-corrected chi connectivity index (χ3v) is 5.39. The van der Waals surface area contributed by atoms with Crippen LogP contribution in [0, 0.1) is 0 Å². The molecule has 146 valence electrons. The first-order valence-electron chi connectivity index (χ1n) is 9.26. The monoisotopic (exact) mass is 379 g/mol. The predicted molar refractivity (Wildman–Crippen MR) is 108 cm³/mol. The van der Waals surface area contributed by atoms with E-state index in [1.165, 1.54) is 12.1 Å². The molecule has 0 bridgehead atoms. The van der Waals surface area contributed by atoms with Crippen LogP contribution in [0.5, 0.6) is 0 Å². The number of carboxylic acids is 1. The molecule has 0 unspecified atom stereocenters. The molecule has 6 heteroatoms. The SMILES string of the molecule is CC1(C)CCC(C)(C)c2nc(C(/C=C/c3ccc(C(=O)O)cc3)=NO)cnc21. The number of aromatic carboxylic acids is 1. The molecule has 1 aromatic heterocycles. The molecule has 1 heterocycles. The zero-order valence-electron chi connectivity index (χ0n) is 16.6. The van der Waals surface area contributed by atoms with Crippen LogP contribution in [0.15, 0.2) is 41.7 Å². The van der Waals surface area contributed by atoms with Crippen LogP contribution in [-0.2, 0) is 10.8 Å². The van der Waals surface area contributed by atoms with Gasteiger partial charge in [0.1, 0.15) is 11.4 Å². The van der Waals surface area contributed by atoms with E-state index >= 15 is 0 Å². The van der Waals surface area contributed by atoms with E-state index in [-0.39, 0.29) is 16.4 Å². The highest BCUT2D eigenvalue weighted by atomic mass is 16.4. The third kappa shape index (κ3) is 3.81. The Balaban J connectivity index is 1.92. The summed E-state index contributed by atoms with van der Waals surface area (Å²) in [5, 5.41) is 21.9. The molecule has 1 aliphatic rings. The van der Waals surface area contributed by atoms with E-state index in [2.05, 4.69) is 37.8 Å². The van der Waals surface area contributed by atoms with Crippen molar-refractivity contribution in [2.24, 2.45) is 5.16 Å². The minimum atomic E-state index is -0.969. The molecule has 0 fully saturated rings.